The summed E-state index contributed by atoms with van der Waals surface area (Å²) in [6, 6.07) is 3.98. The van der Waals surface area contributed by atoms with Gasteiger partial charge in [-0.05, 0) is 60.8 Å². The highest BCUT2D eigenvalue weighted by Crippen LogP contribution is 2.45. The molecule has 2 N–H and O–H groups in total. The summed E-state index contributed by atoms with van der Waals surface area (Å²) in [5.74, 6) is -0.342. The molecule has 1 unspecified atom stereocenters. The van der Waals surface area contributed by atoms with Crippen molar-refractivity contribution in [2.45, 2.75) is 90.2 Å². The number of carbonyl (C=O) groups is 1. The van der Waals surface area contributed by atoms with E-state index in [0.717, 1.165) is 27.3 Å². The number of ether oxygens (including phenoxy) is 1. The molecule has 0 fully saturated rings. The Morgan fingerprint density at radius 3 is 2.48 bits per heavy atom. The number of aliphatic hydroxyl groups is 2. The van der Waals surface area contributed by atoms with Crippen LogP contribution in [-0.2, 0) is 28.0 Å². The second-order valence-corrected chi connectivity index (χ2v) is 12.3. The Bertz CT molecular complexity index is 1060. The largest absolute Gasteiger partial charge is 0.511 e. The fraction of sp³-hybridized carbons (Fsp3) is 0.538. The van der Waals surface area contributed by atoms with E-state index in [1.54, 1.807) is 11.3 Å². The zero-order chi connectivity index (χ0) is 24.6. The van der Waals surface area contributed by atoms with Crippen LogP contribution in [0.15, 0.2) is 33.2 Å². The molecule has 0 saturated heterocycles. The number of nitrogens with zero attached hydrogens (tertiary/aromatic N) is 1. The Hall–Kier alpha value is -1.83. The van der Waals surface area contributed by atoms with Crippen molar-refractivity contribution in [3.8, 4) is 0 Å². The molecule has 2 aromatic rings. The number of cyclic esters (lactones) is 1. The fourth-order valence-electron chi connectivity index (χ4n) is 4.17. The van der Waals surface area contributed by atoms with Gasteiger partial charge in [0.25, 0.3) is 0 Å². The first-order valence-corrected chi connectivity index (χ1v) is 13.0. The van der Waals surface area contributed by atoms with Crippen molar-refractivity contribution in [2.24, 2.45) is 5.92 Å². The molecule has 0 amide bonds. The number of aliphatic hydroxyl groups excluding tert-OH is 2. The average Bonchev–Trinajstić information content (AvgIpc) is 3.13. The molecule has 1 aromatic heterocycles. The van der Waals surface area contributed by atoms with E-state index < -0.39 is 11.6 Å². The molecule has 1 aromatic carbocycles. The van der Waals surface area contributed by atoms with E-state index in [2.05, 4.69) is 25.8 Å². The first-order valence-electron chi connectivity index (χ1n) is 11.3. The normalized spacial score (nSPS) is 19.4. The van der Waals surface area contributed by atoms with E-state index in [4.69, 9.17) is 4.74 Å². The molecular formula is C26H35NO4S2. The van der Waals surface area contributed by atoms with Crippen LogP contribution in [0.5, 0.6) is 0 Å². The van der Waals surface area contributed by atoms with Crippen molar-refractivity contribution in [2.75, 3.05) is 0 Å². The van der Waals surface area contributed by atoms with Crippen LogP contribution in [0, 0.1) is 19.8 Å². The van der Waals surface area contributed by atoms with Gasteiger partial charge >= 0.3 is 5.97 Å². The van der Waals surface area contributed by atoms with E-state index in [-0.39, 0.29) is 28.6 Å². The first-order chi connectivity index (χ1) is 15.4. The summed E-state index contributed by atoms with van der Waals surface area (Å²) in [6.45, 7) is 14.3. The lowest BCUT2D eigenvalue weighted by molar-refractivity contribution is -0.164. The highest BCUT2D eigenvalue weighted by Gasteiger charge is 2.44. The van der Waals surface area contributed by atoms with Gasteiger partial charge in [0.1, 0.15) is 16.3 Å². The maximum atomic E-state index is 13.2. The van der Waals surface area contributed by atoms with Crippen LogP contribution in [0.3, 0.4) is 0 Å². The molecule has 0 radical (unpaired) electrons. The summed E-state index contributed by atoms with van der Waals surface area (Å²) >= 11 is 2.87. The lowest BCUT2D eigenvalue weighted by atomic mass is 9.80. The van der Waals surface area contributed by atoms with Crippen molar-refractivity contribution >= 4 is 29.1 Å². The minimum atomic E-state index is -0.759. The van der Waals surface area contributed by atoms with Gasteiger partial charge in [0, 0.05) is 16.2 Å². The number of carbonyl (C=O) groups excluding carboxylic acids is 1. The summed E-state index contributed by atoms with van der Waals surface area (Å²) in [6.07, 6.45) is 1.60. The van der Waals surface area contributed by atoms with Crippen LogP contribution in [-0.4, -0.2) is 26.8 Å². The van der Waals surface area contributed by atoms with Crippen LogP contribution in [0.25, 0.3) is 0 Å². The lowest BCUT2D eigenvalue weighted by Gasteiger charge is -2.40. The third-order valence-electron chi connectivity index (χ3n) is 6.52. The Morgan fingerprint density at radius 1 is 1.27 bits per heavy atom. The molecule has 2 heterocycles. The number of hydrogen-bond donors (Lipinski definition) is 2. The van der Waals surface area contributed by atoms with Crippen LogP contribution < -0.4 is 0 Å². The van der Waals surface area contributed by atoms with E-state index in [0.29, 0.717) is 19.3 Å². The number of aryl methyl sites for hydroxylation is 3. The molecule has 0 aliphatic carbocycles. The third-order valence-corrected chi connectivity index (χ3v) is 8.48. The fourth-order valence-corrected chi connectivity index (χ4v) is 6.05. The maximum absolute atomic E-state index is 13.2. The highest BCUT2D eigenvalue weighted by molar-refractivity contribution is 8.04. The monoisotopic (exact) mass is 489 g/mol. The Labute approximate surface area is 205 Å². The van der Waals surface area contributed by atoms with Gasteiger partial charge in [-0.15, -0.1) is 11.3 Å². The zero-order valence-corrected chi connectivity index (χ0v) is 22.2. The second-order valence-electron chi connectivity index (χ2n) is 10.2. The second kappa shape index (κ2) is 9.80. The van der Waals surface area contributed by atoms with Gasteiger partial charge < -0.3 is 14.9 Å². The number of thiazole rings is 1. The number of aromatic nitrogens is 1. The molecule has 0 saturated carbocycles. The third kappa shape index (κ3) is 5.47. The summed E-state index contributed by atoms with van der Waals surface area (Å²) in [7, 11) is 0. The summed E-state index contributed by atoms with van der Waals surface area (Å²) in [5.41, 5.74) is 4.75. The predicted molar refractivity (Wildman–Crippen MR) is 135 cm³/mol. The predicted octanol–water partition coefficient (Wildman–Crippen LogP) is 6.39. The van der Waals surface area contributed by atoms with Crippen LogP contribution in [0.4, 0.5) is 0 Å². The van der Waals surface area contributed by atoms with E-state index in [1.165, 1.54) is 16.6 Å². The van der Waals surface area contributed by atoms with E-state index in [9.17, 15) is 15.0 Å². The number of rotatable bonds is 7. The smallest absolute Gasteiger partial charge is 0.349 e. The van der Waals surface area contributed by atoms with Crippen LogP contribution >= 0.6 is 23.1 Å². The molecule has 180 valence electrons. The molecule has 33 heavy (non-hydrogen) atoms. The van der Waals surface area contributed by atoms with Crippen LogP contribution in [0.1, 0.15) is 74.7 Å². The zero-order valence-electron chi connectivity index (χ0n) is 20.6. The SMILES string of the molecule is Cc1cc(SC2=C(O)CC(CCc3ncsc3C)(C(C)C)OC2=O)c(C(C)(C)C)cc1CO. The molecule has 1 atom stereocenters. The van der Waals surface area contributed by atoms with Gasteiger partial charge in [-0.3, -0.25) is 0 Å². The number of hydrogen-bond acceptors (Lipinski definition) is 7. The van der Waals surface area contributed by atoms with Gasteiger partial charge in [0.15, 0.2) is 0 Å². The van der Waals surface area contributed by atoms with Gasteiger partial charge in [-0.2, -0.15) is 0 Å². The average molecular weight is 490 g/mol. The van der Waals surface area contributed by atoms with Crippen LogP contribution in [0.2, 0.25) is 0 Å². The van der Waals surface area contributed by atoms with Crippen molar-refractivity contribution < 1.29 is 19.7 Å². The molecule has 1 aliphatic rings. The van der Waals surface area contributed by atoms with Crippen molar-refractivity contribution in [1.29, 1.82) is 0 Å². The minimum Gasteiger partial charge on any atom is -0.511 e. The Kier molecular flexibility index (Phi) is 7.66. The highest BCUT2D eigenvalue weighted by atomic mass is 32.2. The number of thioether (sulfide) groups is 1. The summed E-state index contributed by atoms with van der Waals surface area (Å²) in [4.78, 5) is 20.0. The molecule has 5 nitrogen and oxygen atoms in total. The van der Waals surface area contributed by atoms with E-state index in [1.807, 2.05) is 45.3 Å². The summed E-state index contributed by atoms with van der Waals surface area (Å²) in [5, 5.41) is 20.8. The molecule has 3 rings (SSSR count). The van der Waals surface area contributed by atoms with Crippen molar-refractivity contribution in [3.05, 3.63) is 55.6 Å². The minimum absolute atomic E-state index is 0.0365. The summed E-state index contributed by atoms with van der Waals surface area (Å²) < 4.78 is 6.09. The van der Waals surface area contributed by atoms with Gasteiger partial charge in [0.2, 0.25) is 0 Å². The first kappa shape index (κ1) is 25.8. The van der Waals surface area contributed by atoms with Gasteiger partial charge in [-0.25, -0.2) is 9.78 Å². The molecular weight excluding hydrogens is 454 g/mol. The lowest BCUT2D eigenvalue weighted by Crippen LogP contribution is -2.44. The van der Waals surface area contributed by atoms with Gasteiger partial charge in [-0.1, -0.05) is 52.4 Å². The quantitative estimate of drug-likeness (QED) is 0.439. The standard InChI is InChI=1S/C26H35NO4S2/c1-15(2)26(9-8-20-17(4)32-14-27-20)12-21(29)23(24(30)31-26)33-22-10-16(3)18(13-28)11-19(22)25(5,6)7/h10-11,14-15,28-29H,8-9,12-13H2,1-7H3. The molecule has 0 spiro atoms. The van der Waals surface area contributed by atoms with Gasteiger partial charge in [0.05, 0.1) is 17.8 Å². The van der Waals surface area contributed by atoms with Crippen molar-refractivity contribution in [3.63, 3.8) is 0 Å². The van der Waals surface area contributed by atoms with Crippen molar-refractivity contribution in [1.82, 2.24) is 4.98 Å². The Balaban J connectivity index is 1.93. The van der Waals surface area contributed by atoms with E-state index >= 15 is 0 Å². The molecule has 0 bridgehead atoms. The molecule has 7 heteroatoms. The number of esters is 1. The maximum Gasteiger partial charge on any atom is 0.349 e. The molecule has 1 aliphatic heterocycles. The Morgan fingerprint density at radius 2 is 1.97 bits per heavy atom. The topological polar surface area (TPSA) is 79.7 Å². The number of benzene rings is 1.